The van der Waals surface area contributed by atoms with Crippen molar-refractivity contribution < 1.29 is 25.1 Å². The molecule has 0 aliphatic carbocycles. The van der Waals surface area contributed by atoms with E-state index in [0.717, 1.165) is 22.2 Å². The molecule has 8 nitrogen and oxygen atoms in total. The highest BCUT2D eigenvalue weighted by atomic mass is 16.8. The van der Waals surface area contributed by atoms with Gasteiger partial charge in [0.15, 0.2) is 17.2 Å². The Balaban J connectivity index is 1.71. The van der Waals surface area contributed by atoms with Crippen molar-refractivity contribution in [1.29, 1.82) is 0 Å². The predicted octanol–water partition coefficient (Wildman–Crippen LogP) is 2.41. The molecule has 2 heterocycles. The lowest BCUT2D eigenvalue weighted by Crippen LogP contribution is -2.99. The molecule has 1 aromatic heterocycles. The molecule has 31 heavy (non-hydrogen) atoms. The standard InChI is InChI=1S/C23H23N3O5/c1-13-17(18-8-3-4-9-19(18)24-13)10-11-25-21(20(14(2)27)22(28)23(25)29)15-6-5-7-16(12-15)26(30)31/h3-9,12,21,24,26,28,30H,10-11H2,1-2H3/t21-/m1/s1. The highest BCUT2D eigenvalue weighted by molar-refractivity contribution is 6.08. The number of carbonyl (C=O) groups excluding carboxylic acids is 2. The molecule has 0 fully saturated rings. The summed E-state index contributed by atoms with van der Waals surface area (Å²) in [7, 11) is 0. The van der Waals surface area contributed by atoms with E-state index in [1.807, 2.05) is 31.2 Å². The zero-order valence-electron chi connectivity index (χ0n) is 17.2. The summed E-state index contributed by atoms with van der Waals surface area (Å²) in [4.78, 5) is 29.9. The number of nitrogens with zero attached hydrogens (tertiary/aromatic N) is 1. The second-order valence-electron chi connectivity index (χ2n) is 7.67. The maximum Gasteiger partial charge on any atom is 0.290 e. The van der Waals surface area contributed by atoms with Crippen molar-refractivity contribution >= 4 is 28.3 Å². The van der Waals surface area contributed by atoms with E-state index in [-0.39, 0.29) is 17.8 Å². The molecular formula is C23H23N3O5. The number of aliphatic hydroxyl groups is 1. The smallest absolute Gasteiger partial charge is 0.290 e. The van der Waals surface area contributed by atoms with E-state index in [2.05, 4.69) is 4.98 Å². The minimum Gasteiger partial charge on any atom is -0.595 e. The second kappa shape index (κ2) is 7.99. The third-order valence-electron chi connectivity index (χ3n) is 5.76. The van der Waals surface area contributed by atoms with Gasteiger partial charge in [-0.05, 0) is 37.5 Å². The van der Waals surface area contributed by atoms with E-state index in [0.29, 0.717) is 12.0 Å². The van der Waals surface area contributed by atoms with Crippen LogP contribution in [0.1, 0.15) is 29.8 Å². The van der Waals surface area contributed by atoms with Crippen molar-refractivity contribution in [2.24, 2.45) is 0 Å². The number of ketones is 1. The molecule has 1 aliphatic heterocycles. The van der Waals surface area contributed by atoms with Crippen LogP contribution in [-0.2, 0) is 16.0 Å². The lowest BCUT2D eigenvalue weighted by molar-refractivity contribution is -0.991. The van der Waals surface area contributed by atoms with Gasteiger partial charge in [-0.15, -0.1) is 0 Å². The van der Waals surface area contributed by atoms with Crippen LogP contribution in [0.3, 0.4) is 0 Å². The number of hydrogen-bond acceptors (Lipinski definition) is 5. The molecule has 0 saturated carbocycles. The lowest BCUT2D eigenvalue weighted by atomic mass is 9.96. The first-order valence-corrected chi connectivity index (χ1v) is 9.94. The van der Waals surface area contributed by atoms with Crippen LogP contribution in [0.4, 0.5) is 5.69 Å². The number of carbonyl (C=O) groups is 2. The molecule has 1 amide bonds. The fourth-order valence-corrected chi connectivity index (χ4v) is 4.32. The summed E-state index contributed by atoms with van der Waals surface area (Å²) in [6.07, 6.45) is 0.509. The molecule has 0 saturated heterocycles. The maximum atomic E-state index is 12.9. The highest BCUT2D eigenvalue weighted by Gasteiger charge is 2.42. The average molecular weight is 421 g/mol. The Bertz CT molecular complexity index is 1210. The molecule has 160 valence electrons. The number of hydrogen-bond donors (Lipinski definition) is 4. The summed E-state index contributed by atoms with van der Waals surface area (Å²) < 4.78 is 0. The van der Waals surface area contributed by atoms with Gasteiger partial charge in [-0.1, -0.05) is 30.3 Å². The van der Waals surface area contributed by atoms with Crippen molar-refractivity contribution in [3.05, 3.63) is 81.9 Å². The number of aliphatic hydroxyl groups excluding tert-OH is 1. The van der Waals surface area contributed by atoms with Gasteiger partial charge in [0.2, 0.25) is 0 Å². The van der Waals surface area contributed by atoms with E-state index >= 15 is 0 Å². The number of aryl methyl sites for hydroxylation is 1. The first-order chi connectivity index (χ1) is 14.8. The molecule has 8 heteroatoms. The van der Waals surface area contributed by atoms with Gasteiger partial charge in [-0.2, -0.15) is 5.23 Å². The largest absolute Gasteiger partial charge is 0.595 e. The van der Waals surface area contributed by atoms with Crippen LogP contribution in [0, 0.1) is 12.1 Å². The third-order valence-corrected chi connectivity index (χ3v) is 5.76. The van der Waals surface area contributed by atoms with Crippen molar-refractivity contribution in [2.45, 2.75) is 26.3 Å². The van der Waals surface area contributed by atoms with Crippen LogP contribution in [-0.4, -0.2) is 38.4 Å². The van der Waals surface area contributed by atoms with Gasteiger partial charge in [0.05, 0.1) is 11.6 Å². The Morgan fingerprint density at radius 2 is 1.97 bits per heavy atom. The van der Waals surface area contributed by atoms with E-state index in [4.69, 9.17) is 0 Å². The molecule has 1 unspecified atom stereocenters. The number of benzene rings is 2. The quantitative estimate of drug-likeness (QED) is 0.456. The summed E-state index contributed by atoms with van der Waals surface area (Å²) in [5, 5.41) is 31.2. The number of para-hydroxylation sites is 1. The Morgan fingerprint density at radius 3 is 2.68 bits per heavy atom. The monoisotopic (exact) mass is 421 g/mol. The lowest BCUT2D eigenvalue weighted by Gasteiger charge is -2.27. The minimum atomic E-state index is -1.11. The summed E-state index contributed by atoms with van der Waals surface area (Å²) >= 11 is 0. The Hall–Kier alpha value is -3.46. The number of Topliss-reactive ketones (excluding diaryl/α,β-unsaturated/α-hetero) is 1. The zero-order chi connectivity index (χ0) is 22.3. The van der Waals surface area contributed by atoms with Crippen LogP contribution in [0.25, 0.3) is 10.9 Å². The molecule has 0 radical (unpaired) electrons. The van der Waals surface area contributed by atoms with Gasteiger partial charge in [-0.25, -0.2) is 5.21 Å². The summed E-state index contributed by atoms with van der Waals surface area (Å²) in [5.74, 6) is -1.63. The van der Waals surface area contributed by atoms with Gasteiger partial charge in [0, 0.05) is 35.3 Å². The molecule has 2 aromatic carbocycles. The number of H-pyrrole nitrogens is 1. The third kappa shape index (κ3) is 3.61. The second-order valence-corrected chi connectivity index (χ2v) is 7.67. The van der Waals surface area contributed by atoms with Crippen molar-refractivity contribution in [3.63, 3.8) is 0 Å². The van der Waals surface area contributed by atoms with Crippen molar-refractivity contribution in [1.82, 2.24) is 9.88 Å². The average Bonchev–Trinajstić information content (AvgIpc) is 3.19. The highest BCUT2D eigenvalue weighted by Crippen LogP contribution is 2.38. The molecule has 1 aliphatic rings. The van der Waals surface area contributed by atoms with Gasteiger partial charge in [0.1, 0.15) is 0 Å². The first kappa shape index (κ1) is 20.8. The van der Waals surface area contributed by atoms with Gasteiger partial charge < -0.3 is 20.2 Å². The van der Waals surface area contributed by atoms with E-state index in [1.165, 1.54) is 24.0 Å². The molecule has 4 rings (SSSR count). The number of aromatic nitrogens is 1. The van der Waals surface area contributed by atoms with Crippen molar-refractivity contribution in [3.8, 4) is 0 Å². The molecule has 4 N–H and O–H groups in total. The van der Waals surface area contributed by atoms with Crippen LogP contribution in [0.5, 0.6) is 0 Å². The number of fused-ring (bicyclic) bond motifs is 1. The molecule has 2 atom stereocenters. The number of rotatable bonds is 6. The molecule has 3 aromatic rings. The van der Waals surface area contributed by atoms with E-state index in [9.17, 15) is 25.1 Å². The van der Waals surface area contributed by atoms with E-state index in [1.54, 1.807) is 12.1 Å². The fraction of sp³-hybridized carbons (Fsp3) is 0.217. The van der Waals surface area contributed by atoms with Crippen LogP contribution >= 0.6 is 0 Å². The topological polar surface area (TPSA) is 121 Å². The number of nitrogens with one attached hydrogen (secondary N) is 2. The molecular weight excluding hydrogens is 398 g/mol. The van der Waals surface area contributed by atoms with Crippen LogP contribution in [0.15, 0.2) is 59.9 Å². The van der Waals surface area contributed by atoms with Gasteiger partial charge in [0.25, 0.3) is 5.91 Å². The maximum absolute atomic E-state index is 12.9. The Morgan fingerprint density at radius 1 is 1.23 bits per heavy atom. The minimum absolute atomic E-state index is 0.0109. The Kier molecular flexibility index (Phi) is 5.36. The fourth-order valence-electron chi connectivity index (χ4n) is 4.32. The number of amides is 1. The predicted molar refractivity (Wildman–Crippen MR) is 114 cm³/mol. The van der Waals surface area contributed by atoms with Gasteiger partial charge in [-0.3, -0.25) is 9.59 Å². The normalized spacial score (nSPS) is 17.6. The van der Waals surface area contributed by atoms with Crippen LogP contribution in [0.2, 0.25) is 0 Å². The summed E-state index contributed by atoms with van der Waals surface area (Å²) in [6, 6.07) is 13.1. The first-order valence-electron chi connectivity index (χ1n) is 9.94. The molecule has 0 spiro atoms. The SMILES string of the molecule is CC(=O)C1=C(O)C(=O)N(CCc2c(C)[nH]c3ccccc23)[C@@H]1c1cccc([NH+]([O-])O)c1. The van der Waals surface area contributed by atoms with Crippen LogP contribution < -0.4 is 5.23 Å². The molecule has 0 bridgehead atoms. The zero-order valence-corrected chi connectivity index (χ0v) is 17.2. The number of aromatic amines is 1. The van der Waals surface area contributed by atoms with Crippen molar-refractivity contribution in [2.75, 3.05) is 6.54 Å². The van der Waals surface area contributed by atoms with E-state index < -0.39 is 28.7 Å². The van der Waals surface area contributed by atoms with Gasteiger partial charge >= 0.3 is 0 Å². The number of quaternary nitrogens is 1. The summed E-state index contributed by atoms with van der Waals surface area (Å²) in [6.45, 7) is 3.51. The Labute approximate surface area is 178 Å². The summed E-state index contributed by atoms with van der Waals surface area (Å²) in [5.41, 5.74) is 3.55.